The van der Waals surface area contributed by atoms with E-state index in [2.05, 4.69) is 24.3 Å². The molecule has 0 fully saturated rings. The number of hydrogen-bond donors (Lipinski definition) is 0. The molecule has 0 atom stereocenters. The van der Waals surface area contributed by atoms with Gasteiger partial charge in [-0.15, -0.1) is 0 Å². The molecule has 0 radical (unpaired) electrons. The maximum absolute atomic E-state index is 5.32. The summed E-state index contributed by atoms with van der Waals surface area (Å²) in [4.78, 5) is 3.30. The molecule has 2 aliphatic rings. The third-order valence-electron chi connectivity index (χ3n) is 5.20. The first-order valence-electron chi connectivity index (χ1n) is 8.79. The van der Waals surface area contributed by atoms with Crippen molar-refractivity contribution < 1.29 is 16.5 Å². The molecule has 6 rings (SSSR count). The zero-order chi connectivity index (χ0) is 19.4. The van der Waals surface area contributed by atoms with Crippen molar-refractivity contribution in [1.82, 2.24) is 0 Å². The van der Waals surface area contributed by atoms with Crippen LogP contribution in [0.4, 0.5) is 0 Å². The van der Waals surface area contributed by atoms with Crippen molar-refractivity contribution in [3.63, 3.8) is 0 Å². The fourth-order valence-corrected chi connectivity index (χ4v) is 5.05. The summed E-state index contributed by atoms with van der Waals surface area (Å²) in [6, 6.07) is 24.7. The summed E-state index contributed by atoms with van der Waals surface area (Å²) in [6.45, 7) is 0. The van der Waals surface area contributed by atoms with Crippen molar-refractivity contribution in [3.8, 4) is 0 Å². The van der Waals surface area contributed by atoms with Gasteiger partial charge in [-0.1, -0.05) is 72.8 Å². The van der Waals surface area contributed by atoms with Crippen LogP contribution in [0.15, 0.2) is 72.8 Å². The number of benzene rings is 4. The predicted molar refractivity (Wildman–Crippen MR) is 131 cm³/mol. The molecule has 0 nitrogen and oxygen atoms in total. The molecule has 4 aromatic rings. The topological polar surface area (TPSA) is 0 Å². The van der Waals surface area contributed by atoms with Crippen LogP contribution in [0, 0.1) is 0 Å². The minimum Gasteiger partial charge on any atom is -0.780 e. The van der Waals surface area contributed by atoms with E-state index in [1.54, 1.807) is 0 Å². The molecule has 0 saturated carbocycles. The van der Waals surface area contributed by atoms with E-state index in [0.29, 0.717) is 0 Å². The standard InChI is InChI=1S/2C12H8S2.Ni/c2*13-11-8-5-1-3-7-4-2-6-9(10(7)8)12(11)14;/h2*1-6,13-14H;/p-4. The maximum Gasteiger partial charge on any atom is 0 e. The minimum absolute atomic E-state index is 0. The van der Waals surface area contributed by atoms with Gasteiger partial charge in [0, 0.05) is 16.5 Å². The van der Waals surface area contributed by atoms with Gasteiger partial charge in [-0.25, -0.2) is 0 Å². The van der Waals surface area contributed by atoms with E-state index in [0.717, 1.165) is 41.9 Å². The first-order valence-corrected chi connectivity index (χ1v) is 10.4. The van der Waals surface area contributed by atoms with Crippen LogP contribution in [0.5, 0.6) is 0 Å². The van der Waals surface area contributed by atoms with Gasteiger partial charge >= 0.3 is 0 Å². The van der Waals surface area contributed by atoms with Crippen LogP contribution in [-0.2, 0) is 67.0 Å². The third-order valence-corrected chi connectivity index (χ3v) is 7.15. The average molecular weight is 487 g/mol. The average Bonchev–Trinajstić information content (AvgIpc) is 3.13. The second-order valence-electron chi connectivity index (χ2n) is 6.74. The molecule has 146 valence electrons. The molecule has 0 aromatic heterocycles. The fourth-order valence-electron chi connectivity index (χ4n) is 3.93. The van der Waals surface area contributed by atoms with Crippen LogP contribution < -0.4 is 0 Å². The van der Waals surface area contributed by atoms with Crippen molar-refractivity contribution in [2.45, 2.75) is 0 Å². The Bertz CT molecular complexity index is 1150. The van der Waals surface area contributed by atoms with Crippen LogP contribution in [0.2, 0.25) is 0 Å². The van der Waals surface area contributed by atoms with Gasteiger partial charge in [-0.2, -0.15) is 19.6 Å². The van der Waals surface area contributed by atoms with E-state index < -0.39 is 0 Å². The van der Waals surface area contributed by atoms with Gasteiger partial charge in [0.2, 0.25) is 0 Å². The SMILES string of the molecule is [Ni].[S-]C1=C([S-])c2cccc3cccc1c23.[S-]C1=C([S-])c2cccc3cccc1c23. The first-order chi connectivity index (χ1) is 13.6. The van der Waals surface area contributed by atoms with Crippen LogP contribution in [0.3, 0.4) is 0 Å². The Morgan fingerprint density at radius 3 is 0.862 bits per heavy atom. The Labute approximate surface area is 202 Å². The molecule has 0 unspecified atom stereocenters. The van der Waals surface area contributed by atoms with E-state index in [1.807, 2.05) is 48.5 Å². The van der Waals surface area contributed by atoms with E-state index in [4.69, 9.17) is 50.5 Å². The Morgan fingerprint density at radius 2 is 0.621 bits per heavy atom. The predicted octanol–water partition coefficient (Wildman–Crippen LogP) is 6.14. The molecule has 0 heterocycles. The minimum atomic E-state index is 0. The summed E-state index contributed by atoms with van der Waals surface area (Å²) in [6.07, 6.45) is 0. The Balaban J connectivity index is 0.000000137. The molecule has 0 amide bonds. The molecular formula is C24H12NiS4-4. The van der Waals surface area contributed by atoms with E-state index in [9.17, 15) is 0 Å². The number of rotatable bonds is 0. The quantitative estimate of drug-likeness (QED) is 0.216. The van der Waals surface area contributed by atoms with Crippen molar-refractivity contribution >= 4 is 91.7 Å². The van der Waals surface area contributed by atoms with Gasteiger partial charge in [0.1, 0.15) is 0 Å². The van der Waals surface area contributed by atoms with Crippen LogP contribution in [0.1, 0.15) is 22.3 Å². The molecule has 0 saturated heterocycles. The zero-order valence-corrected chi connectivity index (χ0v) is 19.1. The fraction of sp³-hybridized carbons (Fsp3) is 0. The normalized spacial score (nSPS) is 13.5. The monoisotopic (exact) mass is 486 g/mol. The third kappa shape index (κ3) is 3.13. The number of hydrogen-bond acceptors (Lipinski definition) is 4. The molecule has 0 N–H and O–H groups in total. The van der Waals surface area contributed by atoms with E-state index in [1.165, 1.54) is 21.5 Å². The van der Waals surface area contributed by atoms with Crippen molar-refractivity contribution in [3.05, 3.63) is 95.1 Å². The van der Waals surface area contributed by atoms with Crippen molar-refractivity contribution in [2.75, 3.05) is 0 Å². The zero-order valence-electron chi connectivity index (χ0n) is 14.9. The van der Waals surface area contributed by atoms with Crippen LogP contribution in [0.25, 0.3) is 41.2 Å². The van der Waals surface area contributed by atoms with Gasteiger partial charge < -0.3 is 50.5 Å². The van der Waals surface area contributed by atoms with Crippen molar-refractivity contribution in [2.24, 2.45) is 0 Å². The van der Waals surface area contributed by atoms with Crippen LogP contribution in [-0.4, -0.2) is 0 Å². The van der Waals surface area contributed by atoms with E-state index in [-0.39, 0.29) is 16.5 Å². The second-order valence-corrected chi connectivity index (χ2v) is 8.37. The summed E-state index contributed by atoms with van der Waals surface area (Å²) in [5.41, 5.74) is 4.49. The van der Waals surface area contributed by atoms with Gasteiger partial charge in [-0.3, -0.25) is 0 Å². The molecule has 2 aliphatic carbocycles. The molecular weight excluding hydrogens is 475 g/mol. The summed E-state index contributed by atoms with van der Waals surface area (Å²) in [5, 5.41) is 4.90. The van der Waals surface area contributed by atoms with Crippen LogP contribution >= 0.6 is 0 Å². The molecule has 0 aliphatic heterocycles. The first kappa shape index (κ1) is 20.5. The molecule has 29 heavy (non-hydrogen) atoms. The van der Waals surface area contributed by atoms with Crippen molar-refractivity contribution in [1.29, 1.82) is 0 Å². The van der Waals surface area contributed by atoms with Gasteiger partial charge in [0.15, 0.2) is 0 Å². The largest absolute Gasteiger partial charge is 0.780 e. The molecule has 0 bridgehead atoms. The van der Waals surface area contributed by atoms with Gasteiger partial charge in [-0.05, 0) is 43.8 Å². The summed E-state index contributed by atoms with van der Waals surface area (Å²) in [5.74, 6) is 0. The van der Waals surface area contributed by atoms with Gasteiger partial charge in [0.05, 0.1) is 0 Å². The second kappa shape index (κ2) is 7.83. The smallest absolute Gasteiger partial charge is 0 e. The maximum atomic E-state index is 5.32. The summed E-state index contributed by atoms with van der Waals surface area (Å²) < 4.78 is 0. The van der Waals surface area contributed by atoms with E-state index >= 15 is 0 Å². The summed E-state index contributed by atoms with van der Waals surface area (Å²) >= 11 is 21.3. The van der Waals surface area contributed by atoms with Gasteiger partial charge in [0.25, 0.3) is 0 Å². The summed E-state index contributed by atoms with van der Waals surface area (Å²) in [7, 11) is 0. The Morgan fingerprint density at radius 1 is 0.379 bits per heavy atom. The molecule has 0 spiro atoms. The Kier molecular flexibility index (Phi) is 5.54. The Hall–Kier alpha value is -1.75. The molecule has 5 heteroatoms. The molecule has 4 aromatic carbocycles.